The lowest BCUT2D eigenvalue weighted by atomic mass is 9.93. The van der Waals surface area contributed by atoms with Crippen molar-refractivity contribution in [3.8, 4) is 0 Å². The molecular weight excluding hydrogens is 283 g/mol. The average Bonchev–Trinajstić information content (AvgIpc) is 2.93. The van der Waals surface area contributed by atoms with E-state index in [4.69, 9.17) is 4.42 Å². The predicted molar refractivity (Wildman–Crippen MR) is 68.2 cm³/mol. The van der Waals surface area contributed by atoms with Crippen molar-refractivity contribution < 1.29 is 22.4 Å². The van der Waals surface area contributed by atoms with E-state index in [1.54, 1.807) is 12.3 Å². The number of aryl methyl sites for hydroxylation is 1. The zero-order valence-corrected chi connectivity index (χ0v) is 11.0. The van der Waals surface area contributed by atoms with Gasteiger partial charge < -0.3 is 9.73 Å². The normalized spacial score (nSPS) is 17.4. The van der Waals surface area contributed by atoms with Crippen molar-refractivity contribution in [2.45, 2.75) is 25.3 Å². The number of nitrogens with one attached hydrogen (secondary N) is 1. The van der Waals surface area contributed by atoms with E-state index < -0.39 is 23.4 Å². The van der Waals surface area contributed by atoms with Gasteiger partial charge in [0.25, 0.3) is 5.91 Å². The topological polar surface area (TPSA) is 42.2 Å². The van der Waals surface area contributed by atoms with Crippen molar-refractivity contribution in [3.63, 3.8) is 0 Å². The molecule has 0 bridgehead atoms. The second-order valence-electron chi connectivity index (χ2n) is 4.97. The highest BCUT2D eigenvalue weighted by molar-refractivity contribution is 5.94. The van der Waals surface area contributed by atoms with Crippen LogP contribution in [0.25, 0.3) is 0 Å². The Kier molecular flexibility index (Phi) is 3.45. The highest BCUT2D eigenvalue weighted by Crippen LogP contribution is 2.30. The van der Waals surface area contributed by atoms with E-state index in [9.17, 15) is 18.0 Å². The van der Waals surface area contributed by atoms with Gasteiger partial charge in [-0.1, -0.05) is 0 Å². The van der Waals surface area contributed by atoms with Crippen molar-refractivity contribution in [1.82, 2.24) is 5.32 Å². The fourth-order valence-electron chi connectivity index (χ4n) is 2.56. The van der Waals surface area contributed by atoms with Gasteiger partial charge in [-0.25, -0.2) is 13.2 Å². The van der Waals surface area contributed by atoms with Crippen LogP contribution in [-0.2, 0) is 6.42 Å². The minimum absolute atomic E-state index is 0.248. The van der Waals surface area contributed by atoms with Crippen molar-refractivity contribution in [1.29, 1.82) is 0 Å². The van der Waals surface area contributed by atoms with Gasteiger partial charge in [0, 0.05) is 17.5 Å². The maximum atomic E-state index is 13.2. The van der Waals surface area contributed by atoms with Gasteiger partial charge in [-0.05, 0) is 31.0 Å². The Morgan fingerprint density at radius 3 is 2.67 bits per heavy atom. The van der Waals surface area contributed by atoms with Crippen LogP contribution in [0.4, 0.5) is 13.2 Å². The molecule has 2 aromatic rings. The number of rotatable bonds is 2. The molecule has 0 aliphatic heterocycles. The molecule has 6 heteroatoms. The number of halogens is 3. The molecule has 1 aliphatic carbocycles. The minimum atomic E-state index is -1.58. The number of benzene rings is 1. The molecule has 0 fully saturated rings. The van der Waals surface area contributed by atoms with Gasteiger partial charge in [0.2, 0.25) is 0 Å². The fourth-order valence-corrected chi connectivity index (χ4v) is 2.56. The number of fused-ring (bicyclic) bond motifs is 1. The summed E-state index contributed by atoms with van der Waals surface area (Å²) in [7, 11) is 0. The fraction of sp³-hybridized carbons (Fsp3) is 0.267. The summed E-state index contributed by atoms with van der Waals surface area (Å²) < 4.78 is 44.5. The molecule has 0 saturated heterocycles. The Morgan fingerprint density at radius 1 is 1.24 bits per heavy atom. The maximum absolute atomic E-state index is 13.2. The van der Waals surface area contributed by atoms with Crippen LogP contribution in [0, 0.1) is 17.5 Å². The molecule has 1 atom stereocenters. The number of hydrogen-bond donors (Lipinski definition) is 1. The van der Waals surface area contributed by atoms with E-state index in [1.807, 2.05) is 0 Å². The molecular formula is C15H12F3NO2. The van der Waals surface area contributed by atoms with Gasteiger partial charge in [-0.2, -0.15) is 0 Å². The monoisotopic (exact) mass is 295 g/mol. The molecule has 1 aromatic heterocycles. The van der Waals surface area contributed by atoms with Crippen LogP contribution >= 0.6 is 0 Å². The first kappa shape index (κ1) is 13.7. The SMILES string of the molecule is O=C(NC1CCCc2occc21)c1cc(F)c(F)c(F)c1. The molecule has 1 heterocycles. The zero-order chi connectivity index (χ0) is 15.0. The third-order valence-electron chi connectivity index (χ3n) is 3.60. The molecule has 0 spiro atoms. The molecule has 1 N–H and O–H groups in total. The number of furan rings is 1. The van der Waals surface area contributed by atoms with Crippen molar-refractivity contribution >= 4 is 5.91 Å². The Labute approximate surface area is 118 Å². The zero-order valence-electron chi connectivity index (χ0n) is 11.0. The molecule has 1 amide bonds. The van der Waals surface area contributed by atoms with Crippen molar-refractivity contribution in [3.05, 3.63) is 58.8 Å². The van der Waals surface area contributed by atoms with Gasteiger partial charge in [-0.15, -0.1) is 0 Å². The molecule has 1 unspecified atom stereocenters. The second kappa shape index (κ2) is 5.27. The summed E-state index contributed by atoms with van der Waals surface area (Å²) in [5.74, 6) is -4.18. The van der Waals surface area contributed by atoms with Crippen LogP contribution in [0.2, 0.25) is 0 Å². The Bertz CT molecular complexity index is 673. The third kappa shape index (κ3) is 2.53. The van der Waals surface area contributed by atoms with Gasteiger partial charge >= 0.3 is 0 Å². The summed E-state index contributed by atoms with van der Waals surface area (Å²) in [6, 6.07) is 2.88. The average molecular weight is 295 g/mol. The Hall–Kier alpha value is -2.24. The first-order valence-corrected chi connectivity index (χ1v) is 6.58. The van der Waals surface area contributed by atoms with Gasteiger partial charge in [0.1, 0.15) is 5.76 Å². The third-order valence-corrected chi connectivity index (χ3v) is 3.60. The molecule has 0 radical (unpaired) electrons. The van der Waals surface area contributed by atoms with E-state index >= 15 is 0 Å². The molecule has 21 heavy (non-hydrogen) atoms. The van der Waals surface area contributed by atoms with E-state index in [0.29, 0.717) is 18.6 Å². The van der Waals surface area contributed by atoms with E-state index in [2.05, 4.69) is 5.32 Å². The lowest BCUT2D eigenvalue weighted by molar-refractivity contribution is 0.0931. The number of carbonyl (C=O) groups excluding carboxylic acids is 1. The van der Waals surface area contributed by atoms with Crippen molar-refractivity contribution in [2.24, 2.45) is 0 Å². The predicted octanol–water partition coefficient (Wildman–Crippen LogP) is 3.50. The highest BCUT2D eigenvalue weighted by Gasteiger charge is 2.25. The summed E-state index contributed by atoms with van der Waals surface area (Å²) in [6.45, 7) is 0. The summed E-state index contributed by atoms with van der Waals surface area (Å²) in [5, 5.41) is 2.70. The lowest BCUT2D eigenvalue weighted by Crippen LogP contribution is -2.30. The highest BCUT2D eigenvalue weighted by atomic mass is 19.2. The number of amides is 1. The maximum Gasteiger partial charge on any atom is 0.251 e. The summed E-state index contributed by atoms with van der Waals surface area (Å²) in [5.41, 5.74) is 0.625. The van der Waals surface area contributed by atoms with Crippen molar-refractivity contribution in [2.75, 3.05) is 0 Å². The molecule has 3 rings (SSSR count). The van der Waals surface area contributed by atoms with E-state index in [-0.39, 0.29) is 11.6 Å². The van der Waals surface area contributed by atoms with Crippen LogP contribution in [0.5, 0.6) is 0 Å². The molecule has 1 aliphatic rings. The van der Waals surface area contributed by atoms with Crippen LogP contribution in [0.1, 0.15) is 40.6 Å². The van der Waals surface area contributed by atoms with Crippen LogP contribution in [0.15, 0.2) is 28.9 Å². The smallest absolute Gasteiger partial charge is 0.251 e. The summed E-state index contributed by atoms with van der Waals surface area (Å²) >= 11 is 0. The first-order valence-electron chi connectivity index (χ1n) is 6.58. The molecule has 3 nitrogen and oxygen atoms in total. The van der Waals surface area contributed by atoms with E-state index in [1.165, 1.54) is 0 Å². The Morgan fingerprint density at radius 2 is 1.95 bits per heavy atom. The summed E-state index contributed by atoms with van der Waals surface area (Å²) in [6.07, 6.45) is 3.91. The van der Waals surface area contributed by atoms with Gasteiger partial charge in [-0.3, -0.25) is 4.79 Å². The van der Waals surface area contributed by atoms with Crippen LogP contribution < -0.4 is 5.32 Å². The standard InChI is InChI=1S/C15H12F3NO2/c16-10-6-8(7-11(17)14(10)18)15(20)19-12-2-1-3-13-9(12)4-5-21-13/h4-7,12H,1-3H2,(H,19,20). The van der Waals surface area contributed by atoms with Gasteiger partial charge in [0.15, 0.2) is 17.5 Å². The summed E-state index contributed by atoms with van der Waals surface area (Å²) in [4.78, 5) is 12.1. The largest absolute Gasteiger partial charge is 0.469 e. The lowest BCUT2D eigenvalue weighted by Gasteiger charge is -2.22. The van der Waals surface area contributed by atoms with E-state index in [0.717, 1.165) is 24.2 Å². The van der Waals surface area contributed by atoms with Gasteiger partial charge in [0.05, 0.1) is 12.3 Å². The first-order chi connectivity index (χ1) is 10.1. The van der Waals surface area contributed by atoms with Crippen LogP contribution in [0.3, 0.4) is 0 Å². The number of hydrogen-bond acceptors (Lipinski definition) is 2. The molecule has 0 saturated carbocycles. The Balaban J connectivity index is 1.82. The van der Waals surface area contributed by atoms with Crippen LogP contribution in [-0.4, -0.2) is 5.91 Å². The molecule has 1 aromatic carbocycles. The quantitative estimate of drug-likeness (QED) is 0.862. The molecule has 110 valence electrons. The number of carbonyl (C=O) groups is 1. The minimum Gasteiger partial charge on any atom is -0.469 e. The second-order valence-corrected chi connectivity index (χ2v) is 4.97.